The van der Waals surface area contributed by atoms with E-state index in [9.17, 15) is 4.79 Å². The third-order valence-electron chi connectivity index (χ3n) is 2.34. The van der Waals surface area contributed by atoms with E-state index in [0.717, 1.165) is 5.56 Å². The zero-order chi connectivity index (χ0) is 11.3. The van der Waals surface area contributed by atoms with Gasteiger partial charge in [0.2, 0.25) is 5.91 Å². The van der Waals surface area contributed by atoms with Gasteiger partial charge in [-0.25, -0.2) is 0 Å². The molecule has 0 heterocycles. The van der Waals surface area contributed by atoms with Gasteiger partial charge in [-0.3, -0.25) is 4.79 Å². The number of hydrogen-bond donors (Lipinski definition) is 1. The molecule has 0 aliphatic heterocycles. The van der Waals surface area contributed by atoms with Crippen molar-refractivity contribution in [2.75, 3.05) is 5.88 Å². The SMILES string of the molecule is CC(CCl)C(=O)NC(C)c1ccccc1. The van der Waals surface area contributed by atoms with Crippen LogP contribution in [-0.4, -0.2) is 11.8 Å². The summed E-state index contributed by atoms with van der Waals surface area (Å²) in [7, 11) is 0. The molecular formula is C12H16ClNO. The molecular weight excluding hydrogens is 210 g/mol. The molecule has 0 bridgehead atoms. The van der Waals surface area contributed by atoms with Gasteiger partial charge < -0.3 is 5.32 Å². The predicted molar refractivity (Wildman–Crippen MR) is 62.9 cm³/mol. The molecule has 1 N–H and O–H groups in total. The first-order chi connectivity index (χ1) is 7.15. The molecule has 0 saturated heterocycles. The molecule has 1 aromatic carbocycles. The van der Waals surface area contributed by atoms with Crippen molar-refractivity contribution in [2.45, 2.75) is 19.9 Å². The number of carbonyl (C=O) groups is 1. The lowest BCUT2D eigenvalue weighted by Crippen LogP contribution is -2.32. The summed E-state index contributed by atoms with van der Waals surface area (Å²) in [4.78, 5) is 11.6. The predicted octanol–water partition coefficient (Wildman–Crippen LogP) is 2.74. The van der Waals surface area contributed by atoms with Crippen LogP contribution in [0.25, 0.3) is 0 Å². The van der Waals surface area contributed by atoms with Crippen molar-refractivity contribution in [1.82, 2.24) is 5.32 Å². The van der Waals surface area contributed by atoms with Gasteiger partial charge in [-0.05, 0) is 12.5 Å². The van der Waals surface area contributed by atoms with Crippen LogP contribution in [-0.2, 0) is 4.79 Å². The van der Waals surface area contributed by atoms with E-state index < -0.39 is 0 Å². The van der Waals surface area contributed by atoms with Crippen LogP contribution in [0.15, 0.2) is 30.3 Å². The fourth-order valence-corrected chi connectivity index (χ4v) is 1.39. The molecule has 2 unspecified atom stereocenters. The van der Waals surface area contributed by atoms with Gasteiger partial charge in [-0.1, -0.05) is 37.3 Å². The molecule has 1 aromatic rings. The summed E-state index contributed by atoms with van der Waals surface area (Å²) in [5.74, 6) is 0.215. The molecule has 0 aromatic heterocycles. The van der Waals surface area contributed by atoms with Gasteiger partial charge in [0, 0.05) is 11.8 Å². The zero-order valence-corrected chi connectivity index (χ0v) is 9.79. The Morgan fingerprint density at radius 3 is 2.47 bits per heavy atom. The summed E-state index contributed by atoms with van der Waals surface area (Å²) in [5.41, 5.74) is 1.10. The van der Waals surface area contributed by atoms with Gasteiger partial charge in [0.1, 0.15) is 0 Å². The molecule has 15 heavy (non-hydrogen) atoms. The molecule has 0 aliphatic rings. The van der Waals surface area contributed by atoms with E-state index in [0.29, 0.717) is 5.88 Å². The molecule has 2 atom stereocenters. The average Bonchev–Trinajstić information content (AvgIpc) is 2.29. The van der Waals surface area contributed by atoms with E-state index in [1.807, 2.05) is 44.2 Å². The maximum absolute atomic E-state index is 11.6. The lowest BCUT2D eigenvalue weighted by Gasteiger charge is -2.16. The van der Waals surface area contributed by atoms with E-state index in [1.54, 1.807) is 0 Å². The van der Waals surface area contributed by atoms with Crippen LogP contribution in [0, 0.1) is 5.92 Å². The molecule has 2 nitrogen and oxygen atoms in total. The molecule has 0 aliphatic carbocycles. The van der Waals surface area contributed by atoms with Crippen LogP contribution < -0.4 is 5.32 Å². The quantitative estimate of drug-likeness (QED) is 0.785. The van der Waals surface area contributed by atoms with E-state index in [4.69, 9.17) is 11.6 Å². The van der Waals surface area contributed by atoms with Crippen LogP contribution in [0.2, 0.25) is 0 Å². The summed E-state index contributed by atoms with van der Waals surface area (Å²) in [6.45, 7) is 3.79. The van der Waals surface area contributed by atoms with Gasteiger partial charge in [-0.2, -0.15) is 0 Å². The second-order valence-corrected chi connectivity index (χ2v) is 4.00. The number of amides is 1. The Bertz CT molecular complexity index is 313. The fourth-order valence-electron chi connectivity index (χ4n) is 1.25. The minimum atomic E-state index is -0.141. The summed E-state index contributed by atoms with van der Waals surface area (Å²) >= 11 is 5.62. The number of hydrogen-bond acceptors (Lipinski definition) is 1. The number of alkyl halides is 1. The Morgan fingerprint density at radius 1 is 1.33 bits per heavy atom. The highest BCUT2D eigenvalue weighted by Crippen LogP contribution is 2.12. The van der Waals surface area contributed by atoms with Gasteiger partial charge >= 0.3 is 0 Å². The van der Waals surface area contributed by atoms with Crippen molar-refractivity contribution in [1.29, 1.82) is 0 Å². The zero-order valence-electron chi connectivity index (χ0n) is 9.03. The Morgan fingerprint density at radius 2 is 1.93 bits per heavy atom. The molecule has 3 heteroatoms. The van der Waals surface area contributed by atoms with Crippen molar-refractivity contribution >= 4 is 17.5 Å². The molecule has 0 fully saturated rings. The van der Waals surface area contributed by atoms with Crippen LogP contribution in [0.1, 0.15) is 25.5 Å². The number of halogens is 1. The summed E-state index contributed by atoms with van der Waals surface area (Å²) in [5, 5.41) is 2.92. The van der Waals surface area contributed by atoms with Crippen molar-refractivity contribution in [3.8, 4) is 0 Å². The smallest absolute Gasteiger partial charge is 0.224 e. The molecule has 0 spiro atoms. The van der Waals surface area contributed by atoms with Gasteiger partial charge in [-0.15, -0.1) is 11.6 Å². The highest BCUT2D eigenvalue weighted by Gasteiger charge is 2.14. The normalized spacial score (nSPS) is 14.3. The monoisotopic (exact) mass is 225 g/mol. The van der Waals surface area contributed by atoms with Crippen molar-refractivity contribution in [3.05, 3.63) is 35.9 Å². The summed E-state index contributed by atoms with van der Waals surface area (Å²) in [6, 6.07) is 9.90. The first kappa shape index (κ1) is 12.1. The van der Waals surface area contributed by atoms with E-state index in [2.05, 4.69) is 5.32 Å². The van der Waals surface area contributed by atoms with Crippen LogP contribution in [0.3, 0.4) is 0 Å². The van der Waals surface area contributed by atoms with E-state index in [1.165, 1.54) is 0 Å². The van der Waals surface area contributed by atoms with E-state index >= 15 is 0 Å². The number of carbonyl (C=O) groups excluding carboxylic acids is 1. The van der Waals surface area contributed by atoms with Crippen LogP contribution >= 0.6 is 11.6 Å². The van der Waals surface area contributed by atoms with Crippen LogP contribution in [0.4, 0.5) is 0 Å². The Kier molecular flexibility index (Phi) is 4.63. The third kappa shape index (κ3) is 3.56. The Hall–Kier alpha value is -1.02. The summed E-state index contributed by atoms with van der Waals surface area (Å²) < 4.78 is 0. The maximum atomic E-state index is 11.6. The molecule has 82 valence electrons. The second kappa shape index (κ2) is 5.76. The largest absolute Gasteiger partial charge is 0.349 e. The number of benzene rings is 1. The molecule has 1 rings (SSSR count). The van der Waals surface area contributed by atoms with Crippen molar-refractivity contribution < 1.29 is 4.79 Å². The second-order valence-electron chi connectivity index (χ2n) is 3.70. The molecule has 0 radical (unpaired) electrons. The fraction of sp³-hybridized carbons (Fsp3) is 0.417. The average molecular weight is 226 g/mol. The maximum Gasteiger partial charge on any atom is 0.224 e. The first-order valence-electron chi connectivity index (χ1n) is 5.06. The first-order valence-corrected chi connectivity index (χ1v) is 5.60. The Balaban J connectivity index is 2.56. The molecule has 0 saturated carbocycles. The van der Waals surface area contributed by atoms with Crippen LogP contribution in [0.5, 0.6) is 0 Å². The molecule has 1 amide bonds. The van der Waals surface area contributed by atoms with Crippen molar-refractivity contribution in [2.24, 2.45) is 5.92 Å². The van der Waals surface area contributed by atoms with Gasteiger partial charge in [0.15, 0.2) is 0 Å². The lowest BCUT2D eigenvalue weighted by molar-refractivity contribution is -0.124. The third-order valence-corrected chi connectivity index (χ3v) is 2.80. The Labute approximate surface area is 95.6 Å². The summed E-state index contributed by atoms with van der Waals surface area (Å²) in [6.07, 6.45) is 0. The standard InChI is InChI=1S/C12H16ClNO/c1-9(8-13)12(15)14-10(2)11-6-4-3-5-7-11/h3-7,9-10H,8H2,1-2H3,(H,14,15). The van der Waals surface area contributed by atoms with Gasteiger partial charge in [0.25, 0.3) is 0 Å². The highest BCUT2D eigenvalue weighted by atomic mass is 35.5. The van der Waals surface area contributed by atoms with Gasteiger partial charge in [0.05, 0.1) is 6.04 Å². The topological polar surface area (TPSA) is 29.1 Å². The number of rotatable bonds is 4. The van der Waals surface area contributed by atoms with E-state index in [-0.39, 0.29) is 17.9 Å². The lowest BCUT2D eigenvalue weighted by atomic mass is 10.1. The van der Waals surface area contributed by atoms with Crippen molar-refractivity contribution in [3.63, 3.8) is 0 Å². The number of nitrogens with one attached hydrogen (secondary N) is 1. The highest BCUT2D eigenvalue weighted by molar-refractivity contribution is 6.19. The minimum absolute atomic E-state index is 0.00125. The minimum Gasteiger partial charge on any atom is -0.349 e.